The van der Waals surface area contributed by atoms with Gasteiger partial charge in [-0.05, 0) is 55.7 Å². The van der Waals surface area contributed by atoms with Crippen LogP contribution in [0.3, 0.4) is 0 Å². The van der Waals surface area contributed by atoms with Crippen molar-refractivity contribution >= 4 is 22.7 Å². The summed E-state index contributed by atoms with van der Waals surface area (Å²) >= 11 is 6.15. The molecule has 0 unspecified atom stereocenters. The molecule has 96 valence electrons. The maximum atomic E-state index is 6.15. The van der Waals surface area contributed by atoms with E-state index in [2.05, 4.69) is 24.9 Å². The highest BCUT2D eigenvalue weighted by molar-refractivity contribution is 6.31. The summed E-state index contributed by atoms with van der Waals surface area (Å²) in [5.74, 6) is 0.616. The Morgan fingerprint density at radius 3 is 2.47 bits per heavy atom. The zero-order valence-electron chi connectivity index (χ0n) is 11.1. The molecule has 1 heterocycles. The van der Waals surface area contributed by atoms with E-state index in [0.717, 1.165) is 32.8 Å². The molecule has 0 radical (unpaired) electrons. The lowest BCUT2D eigenvalue weighted by molar-refractivity contribution is 0.617. The van der Waals surface area contributed by atoms with Gasteiger partial charge in [0.25, 0.3) is 0 Å². The lowest BCUT2D eigenvalue weighted by Gasteiger charge is -2.00. The Labute approximate surface area is 117 Å². The summed E-state index contributed by atoms with van der Waals surface area (Å²) in [5.41, 5.74) is 6.03. The Hall–Kier alpha value is -1.80. The molecule has 2 aromatic carbocycles. The summed E-state index contributed by atoms with van der Waals surface area (Å²) in [5, 5.41) is 0.729. The van der Waals surface area contributed by atoms with E-state index in [1.165, 1.54) is 5.56 Å². The summed E-state index contributed by atoms with van der Waals surface area (Å²) in [4.78, 5) is 4.53. The second-order valence-corrected chi connectivity index (χ2v) is 5.25. The van der Waals surface area contributed by atoms with E-state index in [9.17, 15) is 0 Å². The lowest BCUT2D eigenvalue weighted by atomic mass is 10.1. The maximum Gasteiger partial charge on any atom is 0.227 e. The topological polar surface area (TPSA) is 26.0 Å². The number of oxazole rings is 1. The molecular weight excluding hydrogens is 258 g/mol. The third-order valence-electron chi connectivity index (χ3n) is 3.50. The quantitative estimate of drug-likeness (QED) is 0.617. The summed E-state index contributed by atoms with van der Waals surface area (Å²) in [7, 11) is 0. The van der Waals surface area contributed by atoms with Gasteiger partial charge in [0, 0.05) is 10.6 Å². The lowest BCUT2D eigenvalue weighted by Crippen LogP contribution is -1.80. The van der Waals surface area contributed by atoms with Crippen molar-refractivity contribution in [3.05, 3.63) is 52.0 Å². The highest BCUT2D eigenvalue weighted by Gasteiger charge is 2.11. The van der Waals surface area contributed by atoms with E-state index in [-0.39, 0.29) is 0 Å². The van der Waals surface area contributed by atoms with Crippen LogP contribution in [-0.4, -0.2) is 4.98 Å². The summed E-state index contributed by atoms with van der Waals surface area (Å²) in [6, 6.07) is 9.90. The smallest absolute Gasteiger partial charge is 0.227 e. The van der Waals surface area contributed by atoms with Crippen LogP contribution in [0.2, 0.25) is 5.02 Å². The number of hydrogen-bond acceptors (Lipinski definition) is 2. The average molecular weight is 272 g/mol. The monoisotopic (exact) mass is 271 g/mol. The first-order chi connectivity index (χ1) is 9.06. The van der Waals surface area contributed by atoms with Crippen LogP contribution < -0.4 is 0 Å². The van der Waals surface area contributed by atoms with Crippen LogP contribution in [0, 0.1) is 20.8 Å². The van der Waals surface area contributed by atoms with Crippen molar-refractivity contribution in [2.45, 2.75) is 20.8 Å². The van der Waals surface area contributed by atoms with Gasteiger partial charge in [0.15, 0.2) is 5.58 Å². The zero-order chi connectivity index (χ0) is 13.6. The first kappa shape index (κ1) is 12.2. The molecule has 0 aliphatic rings. The highest BCUT2D eigenvalue weighted by atomic mass is 35.5. The normalized spacial score (nSPS) is 11.2. The minimum Gasteiger partial charge on any atom is -0.436 e. The number of hydrogen-bond donors (Lipinski definition) is 0. The van der Waals surface area contributed by atoms with Crippen LogP contribution in [0.4, 0.5) is 0 Å². The molecule has 3 rings (SSSR count). The Morgan fingerprint density at radius 1 is 1.00 bits per heavy atom. The molecule has 1 aromatic heterocycles. The van der Waals surface area contributed by atoms with Gasteiger partial charge in [-0.15, -0.1) is 0 Å². The number of rotatable bonds is 1. The average Bonchev–Trinajstić information content (AvgIpc) is 2.82. The summed E-state index contributed by atoms with van der Waals surface area (Å²) in [6.07, 6.45) is 0. The van der Waals surface area contributed by atoms with Crippen molar-refractivity contribution in [1.82, 2.24) is 4.98 Å². The molecule has 0 aliphatic heterocycles. The van der Waals surface area contributed by atoms with Crippen LogP contribution in [0.1, 0.15) is 16.7 Å². The van der Waals surface area contributed by atoms with E-state index in [1.54, 1.807) is 0 Å². The molecule has 3 heteroatoms. The number of aryl methyl sites for hydroxylation is 3. The Morgan fingerprint density at radius 2 is 1.74 bits per heavy atom. The van der Waals surface area contributed by atoms with Crippen molar-refractivity contribution in [3.8, 4) is 11.5 Å². The Kier molecular flexibility index (Phi) is 2.83. The van der Waals surface area contributed by atoms with E-state index in [1.807, 2.05) is 31.2 Å². The van der Waals surface area contributed by atoms with Gasteiger partial charge in [-0.3, -0.25) is 0 Å². The SMILES string of the molecule is Cc1ccc(-c2nc3ccc(C)c(C)c3o2)cc1Cl. The number of nitrogens with zero attached hydrogens (tertiary/aromatic N) is 1. The Balaban J connectivity index is 2.20. The minimum absolute atomic E-state index is 0.616. The van der Waals surface area contributed by atoms with Gasteiger partial charge in [0.2, 0.25) is 5.89 Å². The largest absolute Gasteiger partial charge is 0.436 e. The standard InChI is InChI=1S/C16H14ClNO/c1-9-5-7-14-15(11(9)3)19-16(18-14)12-6-4-10(2)13(17)8-12/h4-8H,1-3H3. The van der Waals surface area contributed by atoms with Crippen LogP contribution in [0.15, 0.2) is 34.7 Å². The molecule has 0 amide bonds. The zero-order valence-corrected chi connectivity index (χ0v) is 11.9. The molecule has 0 N–H and O–H groups in total. The first-order valence-electron chi connectivity index (χ1n) is 6.19. The fourth-order valence-electron chi connectivity index (χ4n) is 2.07. The van der Waals surface area contributed by atoms with E-state index in [0.29, 0.717) is 5.89 Å². The highest BCUT2D eigenvalue weighted by Crippen LogP contribution is 2.29. The molecule has 19 heavy (non-hydrogen) atoms. The molecule has 0 saturated carbocycles. The van der Waals surface area contributed by atoms with Crippen molar-refractivity contribution in [3.63, 3.8) is 0 Å². The van der Waals surface area contributed by atoms with Gasteiger partial charge < -0.3 is 4.42 Å². The van der Waals surface area contributed by atoms with Crippen molar-refractivity contribution in [1.29, 1.82) is 0 Å². The molecule has 0 fully saturated rings. The minimum atomic E-state index is 0.616. The van der Waals surface area contributed by atoms with Crippen LogP contribution >= 0.6 is 11.6 Å². The van der Waals surface area contributed by atoms with Crippen LogP contribution in [0.5, 0.6) is 0 Å². The van der Waals surface area contributed by atoms with Crippen LogP contribution in [0.25, 0.3) is 22.6 Å². The van der Waals surface area contributed by atoms with E-state index in [4.69, 9.17) is 16.0 Å². The molecule has 0 saturated heterocycles. The predicted octanol–water partition coefficient (Wildman–Crippen LogP) is 5.07. The van der Waals surface area contributed by atoms with Gasteiger partial charge in [0.05, 0.1) is 0 Å². The predicted molar refractivity (Wildman–Crippen MR) is 78.7 cm³/mol. The van der Waals surface area contributed by atoms with Gasteiger partial charge in [-0.2, -0.15) is 0 Å². The number of benzene rings is 2. The molecule has 0 atom stereocenters. The third kappa shape index (κ3) is 2.02. The second kappa shape index (κ2) is 4.39. The van der Waals surface area contributed by atoms with Gasteiger partial charge in [-0.1, -0.05) is 23.7 Å². The fraction of sp³-hybridized carbons (Fsp3) is 0.188. The van der Waals surface area contributed by atoms with E-state index < -0.39 is 0 Å². The summed E-state index contributed by atoms with van der Waals surface area (Å²) in [6.45, 7) is 6.10. The van der Waals surface area contributed by atoms with Crippen LogP contribution in [-0.2, 0) is 0 Å². The molecule has 0 bridgehead atoms. The van der Waals surface area contributed by atoms with Crippen molar-refractivity contribution < 1.29 is 4.42 Å². The Bertz CT molecular complexity index is 774. The van der Waals surface area contributed by atoms with E-state index >= 15 is 0 Å². The van der Waals surface area contributed by atoms with Gasteiger partial charge in [0.1, 0.15) is 5.52 Å². The number of aromatic nitrogens is 1. The maximum absolute atomic E-state index is 6.15. The third-order valence-corrected chi connectivity index (χ3v) is 3.90. The molecule has 0 aliphatic carbocycles. The van der Waals surface area contributed by atoms with Gasteiger partial charge in [-0.25, -0.2) is 4.98 Å². The number of halogens is 1. The molecule has 0 spiro atoms. The van der Waals surface area contributed by atoms with Gasteiger partial charge >= 0.3 is 0 Å². The molecular formula is C16H14ClNO. The molecule has 3 aromatic rings. The fourth-order valence-corrected chi connectivity index (χ4v) is 2.25. The summed E-state index contributed by atoms with van der Waals surface area (Å²) < 4.78 is 5.89. The first-order valence-corrected chi connectivity index (χ1v) is 6.57. The second-order valence-electron chi connectivity index (χ2n) is 4.84. The van der Waals surface area contributed by atoms with Crippen molar-refractivity contribution in [2.75, 3.05) is 0 Å². The van der Waals surface area contributed by atoms with Crippen molar-refractivity contribution in [2.24, 2.45) is 0 Å². The number of fused-ring (bicyclic) bond motifs is 1. The molecule has 2 nitrogen and oxygen atoms in total.